The molecule has 31 heavy (non-hydrogen) atoms. The topological polar surface area (TPSA) is 114 Å². The zero-order chi connectivity index (χ0) is 23.0. The first kappa shape index (κ1) is 23.6. The minimum Gasteiger partial charge on any atom is -0.446 e. The molecule has 8 nitrogen and oxygen atoms in total. The van der Waals surface area contributed by atoms with Crippen LogP contribution in [0.15, 0.2) is 54.6 Å². The molecule has 0 saturated heterocycles. The Morgan fingerprint density at radius 3 is 2.10 bits per heavy atom. The molecule has 0 bridgehead atoms. The normalized spacial score (nSPS) is 11.7. The second-order valence-electron chi connectivity index (χ2n) is 7.86. The van der Waals surface area contributed by atoms with Crippen molar-refractivity contribution in [2.45, 2.75) is 32.3 Å². The van der Waals surface area contributed by atoms with E-state index < -0.39 is 36.5 Å². The number of esters is 1. The van der Waals surface area contributed by atoms with Crippen LogP contribution in [0.25, 0.3) is 0 Å². The van der Waals surface area contributed by atoms with Crippen LogP contribution in [0.3, 0.4) is 0 Å². The molecular formula is C23H27N3O5. The fraction of sp³-hybridized carbons (Fsp3) is 0.304. The van der Waals surface area contributed by atoms with Gasteiger partial charge in [0, 0.05) is 18.2 Å². The minimum absolute atomic E-state index is 0.0412. The molecule has 0 aliphatic heterocycles. The molecule has 0 aliphatic rings. The van der Waals surface area contributed by atoms with Crippen LogP contribution in [0.2, 0.25) is 0 Å². The Bertz CT molecular complexity index is 934. The Morgan fingerprint density at radius 1 is 0.935 bits per heavy atom. The van der Waals surface area contributed by atoms with Crippen LogP contribution < -0.4 is 16.0 Å². The summed E-state index contributed by atoms with van der Waals surface area (Å²) in [7, 11) is 1.36. The molecule has 3 N–H and O–H groups in total. The van der Waals surface area contributed by atoms with Crippen molar-refractivity contribution < 1.29 is 23.9 Å². The van der Waals surface area contributed by atoms with Crippen molar-refractivity contribution in [2.75, 3.05) is 13.6 Å². The molecule has 164 valence electrons. The largest absolute Gasteiger partial charge is 0.446 e. The third kappa shape index (κ3) is 6.95. The Kier molecular flexibility index (Phi) is 7.90. The molecule has 0 fully saturated rings. The molecule has 0 unspecified atom stereocenters. The highest BCUT2D eigenvalue weighted by molar-refractivity contribution is 5.98. The van der Waals surface area contributed by atoms with Crippen LogP contribution in [0, 0.1) is 0 Å². The number of imide groups is 1. The Balaban J connectivity index is 2.01. The van der Waals surface area contributed by atoms with Crippen molar-refractivity contribution in [3.63, 3.8) is 0 Å². The van der Waals surface area contributed by atoms with E-state index in [1.807, 2.05) is 12.1 Å². The van der Waals surface area contributed by atoms with Crippen LogP contribution in [0.1, 0.15) is 48.4 Å². The summed E-state index contributed by atoms with van der Waals surface area (Å²) in [4.78, 5) is 48.5. The van der Waals surface area contributed by atoms with Crippen molar-refractivity contribution >= 4 is 23.8 Å². The predicted molar refractivity (Wildman–Crippen MR) is 115 cm³/mol. The van der Waals surface area contributed by atoms with Gasteiger partial charge in [0.25, 0.3) is 11.8 Å². The molecular weight excluding hydrogens is 398 g/mol. The Morgan fingerprint density at radius 2 is 1.55 bits per heavy atom. The van der Waals surface area contributed by atoms with E-state index >= 15 is 0 Å². The summed E-state index contributed by atoms with van der Waals surface area (Å²) in [6, 6.07) is 14.6. The van der Waals surface area contributed by atoms with Crippen LogP contribution >= 0.6 is 0 Å². The van der Waals surface area contributed by atoms with E-state index in [0.29, 0.717) is 11.1 Å². The van der Waals surface area contributed by atoms with E-state index in [9.17, 15) is 19.2 Å². The Hall–Kier alpha value is -3.68. The highest BCUT2D eigenvalue weighted by atomic mass is 16.5. The van der Waals surface area contributed by atoms with Crippen molar-refractivity contribution in [1.29, 1.82) is 0 Å². The summed E-state index contributed by atoms with van der Waals surface area (Å²) in [5.74, 6) is -2.06. The lowest BCUT2D eigenvalue weighted by Gasteiger charge is -2.19. The molecule has 0 heterocycles. The summed E-state index contributed by atoms with van der Waals surface area (Å²) >= 11 is 0. The number of amides is 4. The molecule has 2 aromatic carbocycles. The summed E-state index contributed by atoms with van der Waals surface area (Å²) in [6.45, 7) is 5.78. The molecule has 0 aliphatic carbocycles. The molecule has 2 rings (SSSR count). The average Bonchev–Trinajstić information content (AvgIpc) is 2.75. The second kappa shape index (κ2) is 10.4. The zero-order valence-corrected chi connectivity index (χ0v) is 18.0. The monoisotopic (exact) mass is 425 g/mol. The third-order valence-corrected chi connectivity index (χ3v) is 4.46. The van der Waals surface area contributed by atoms with Gasteiger partial charge in [-0.25, -0.2) is 4.79 Å². The second-order valence-corrected chi connectivity index (χ2v) is 7.86. The zero-order valence-electron chi connectivity index (χ0n) is 18.0. The van der Waals surface area contributed by atoms with Gasteiger partial charge in [-0.1, -0.05) is 63.2 Å². The molecule has 0 radical (unpaired) electrons. The van der Waals surface area contributed by atoms with Crippen molar-refractivity contribution in [2.24, 2.45) is 0 Å². The molecule has 1 atom stereocenters. The number of hydrogen-bond acceptors (Lipinski definition) is 5. The fourth-order valence-electron chi connectivity index (χ4n) is 2.69. The number of hydrogen-bond donors (Lipinski definition) is 3. The van der Waals surface area contributed by atoms with Crippen molar-refractivity contribution in [3.8, 4) is 0 Å². The third-order valence-electron chi connectivity index (χ3n) is 4.46. The minimum atomic E-state index is -1.34. The average molecular weight is 425 g/mol. The van der Waals surface area contributed by atoms with Gasteiger partial charge in [0.05, 0.1) is 0 Å². The van der Waals surface area contributed by atoms with E-state index in [1.54, 1.807) is 42.5 Å². The van der Waals surface area contributed by atoms with Crippen molar-refractivity contribution in [3.05, 3.63) is 71.3 Å². The van der Waals surface area contributed by atoms with E-state index in [0.717, 1.165) is 5.56 Å². The van der Waals surface area contributed by atoms with Gasteiger partial charge in [-0.05, 0) is 23.1 Å². The summed E-state index contributed by atoms with van der Waals surface area (Å²) in [6.07, 6.45) is -1.34. The van der Waals surface area contributed by atoms with E-state index in [1.165, 1.54) is 7.05 Å². The number of benzene rings is 2. The van der Waals surface area contributed by atoms with E-state index in [-0.39, 0.29) is 5.41 Å². The van der Waals surface area contributed by atoms with Gasteiger partial charge in [0.15, 0.2) is 0 Å². The fourth-order valence-corrected chi connectivity index (χ4v) is 2.69. The van der Waals surface area contributed by atoms with Crippen LogP contribution in [-0.2, 0) is 19.7 Å². The molecule has 0 aromatic heterocycles. The number of ether oxygens (including phenoxy) is 1. The Labute approximate surface area is 181 Å². The summed E-state index contributed by atoms with van der Waals surface area (Å²) in [5.41, 5.74) is 1.83. The lowest BCUT2D eigenvalue weighted by molar-refractivity contribution is -0.155. The van der Waals surface area contributed by atoms with Gasteiger partial charge in [-0.2, -0.15) is 0 Å². The maximum Gasteiger partial charge on any atom is 0.326 e. The van der Waals surface area contributed by atoms with Crippen LogP contribution in [0.4, 0.5) is 4.79 Å². The van der Waals surface area contributed by atoms with Gasteiger partial charge < -0.3 is 15.4 Å². The van der Waals surface area contributed by atoms with Gasteiger partial charge in [0.2, 0.25) is 6.10 Å². The van der Waals surface area contributed by atoms with Gasteiger partial charge in [0.1, 0.15) is 6.54 Å². The molecule has 8 heteroatoms. The standard InChI is InChI=1S/C23H27N3O5/c1-23(2,3)17-12-10-16(11-13-17)20(28)25-14-18(27)31-19(15-8-6-5-7-9-15)21(29)26-22(30)24-4/h5-13,19H,14H2,1-4H3,(H,25,28)(H2,24,26,29,30)/t19-/m1/s1. The van der Waals surface area contributed by atoms with Gasteiger partial charge in [-0.3, -0.25) is 19.7 Å². The maximum absolute atomic E-state index is 12.4. The highest BCUT2D eigenvalue weighted by Crippen LogP contribution is 2.22. The summed E-state index contributed by atoms with van der Waals surface area (Å²) in [5, 5.41) is 6.83. The summed E-state index contributed by atoms with van der Waals surface area (Å²) < 4.78 is 5.25. The van der Waals surface area contributed by atoms with E-state index in [4.69, 9.17) is 4.74 Å². The molecule has 0 saturated carbocycles. The first-order valence-electron chi connectivity index (χ1n) is 9.77. The lowest BCUT2D eigenvalue weighted by Crippen LogP contribution is -2.42. The first-order chi connectivity index (χ1) is 14.6. The maximum atomic E-state index is 12.4. The smallest absolute Gasteiger partial charge is 0.326 e. The SMILES string of the molecule is CNC(=O)NC(=O)[C@H](OC(=O)CNC(=O)c1ccc(C(C)(C)C)cc1)c1ccccc1. The van der Waals surface area contributed by atoms with Crippen molar-refractivity contribution in [1.82, 2.24) is 16.0 Å². The number of rotatable bonds is 6. The number of carbonyl (C=O) groups excluding carboxylic acids is 4. The number of nitrogens with one attached hydrogen (secondary N) is 3. The van der Waals surface area contributed by atoms with Gasteiger partial charge >= 0.3 is 12.0 Å². The van der Waals surface area contributed by atoms with Crippen LogP contribution in [-0.4, -0.2) is 37.4 Å². The number of carbonyl (C=O) groups is 4. The number of urea groups is 1. The highest BCUT2D eigenvalue weighted by Gasteiger charge is 2.26. The molecule has 2 aromatic rings. The quantitative estimate of drug-likeness (QED) is 0.615. The predicted octanol–water partition coefficient (Wildman–Crippen LogP) is 2.45. The molecule has 4 amide bonds. The van der Waals surface area contributed by atoms with Gasteiger partial charge in [-0.15, -0.1) is 0 Å². The van der Waals surface area contributed by atoms with Crippen LogP contribution in [0.5, 0.6) is 0 Å². The lowest BCUT2D eigenvalue weighted by atomic mass is 9.87. The van der Waals surface area contributed by atoms with E-state index in [2.05, 4.69) is 36.7 Å². The molecule has 0 spiro atoms. The first-order valence-corrected chi connectivity index (χ1v) is 9.77.